The Bertz CT molecular complexity index is 549. The molecule has 0 bridgehead atoms. The molecule has 0 N–H and O–H groups in total. The van der Waals surface area contributed by atoms with E-state index in [1.807, 2.05) is 12.2 Å². The first-order valence-electron chi connectivity index (χ1n) is 7.20. The van der Waals surface area contributed by atoms with Crippen molar-refractivity contribution in [2.75, 3.05) is 0 Å². The highest BCUT2D eigenvalue weighted by Crippen LogP contribution is 2.44. The standard InChI is InChI=1S/C18H24OSi/c1-6-10-16-14-12-8-9-13-15(14)18(19-16)17(11-7-2)20(3,4)5/h6-9,12-13,16H,1-2,10-11H2,3-5H3/b18-17+. The largest absolute Gasteiger partial charge is 0.485 e. The predicted octanol–water partition coefficient (Wildman–Crippen LogP) is 5.50. The van der Waals surface area contributed by atoms with Gasteiger partial charge in [-0.15, -0.1) is 13.2 Å². The highest BCUT2D eigenvalue weighted by Gasteiger charge is 2.32. The molecule has 2 heteroatoms. The van der Waals surface area contributed by atoms with E-state index in [9.17, 15) is 0 Å². The van der Waals surface area contributed by atoms with Crippen molar-refractivity contribution in [2.24, 2.45) is 0 Å². The molecule has 0 radical (unpaired) electrons. The van der Waals surface area contributed by atoms with E-state index in [-0.39, 0.29) is 6.10 Å². The topological polar surface area (TPSA) is 9.23 Å². The van der Waals surface area contributed by atoms with Crippen LogP contribution in [0.15, 0.2) is 54.8 Å². The molecule has 0 aliphatic carbocycles. The molecule has 106 valence electrons. The van der Waals surface area contributed by atoms with Crippen molar-refractivity contribution in [2.45, 2.75) is 38.6 Å². The molecule has 0 saturated heterocycles. The van der Waals surface area contributed by atoms with Gasteiger partial charge in [-0.2, -0.15) is 0 Å². The smallest absolute Gasteiger partial charge is 0.128 e. The van der Waals surface area contributed by atoms with Crippen LogP contribution in [0.4, 0.5) is 0 Å². The van der Waals surface area contributed by atoms with Crippen molar-refractivity contribution in [3.8, 4) is 0 Å². The van der Waals surface area contributed by atoms with E-state index < -0.39 is 8.07 Å². The Morgan fingerprint density at radius 2 is 1.90 bits per heavy atom. The van der Waals surface area contributed by atoms with Crippen LogP contribution in [0.25, 0.3) is 5.76 Å². The van der Waals surface area contributed by atoms with Crippen molar-refractivity contribution in [3.05, 3.63) is 65.9 Å². The summed E-state index contributed by atoms with van der Waals surface area (Å²) in [7, 11) is -1.44. The van der Waals surface area contributed by atoms with E-state index >= 15 is 0 Å². The van der Waals surface area contributed by atoms with Crippen molar-refractivity contribution in [3.63, 3.8) is 0 Å². The molecule has 0 fully saturated rings. The summed E-state index contributed by atoms with van der Waals surface area (Å²) in [4.78, 5) is 0. The lowest BCUT2D eigenvalue weighted by Gasteiger charge is -2.23. The SMILES string of the molecule is C=CC/C(=C1\OC(CC=C)c2ccccc21)[Si](C)(C)C. The van der Waals surface area contributed by atoms with Gasteiger partial charge >= 0.3 is 0 Å². The Balaban J connectivity index is 2.57. The Kier molecular flexibility index (Phi) is 4.34. The third-order valence-corrected chi connectivity index (χ3v) is 5.96. The number of fused-ring (bicyclic) bond motifs is 1. The van der Waals surface area contributed by atoms with Crippen molar-refractivity contribution >= 4 is 13.8 Å². The molecule has 1 aromatic rings. The highest BCUT2D eigenvalue weighted by molar-refractivity contribution is 6.83. The molecular formula is C18H24OSi. The lowest BCUT2D eigenvalue weighted by molar-refractivity contribution is 0.190. The maximum absolute atomic E-state index is 6.31. The lowest BCUT2D eigenvalue weighted by atomic mass is 10.0. The van der Waals surface area contributed by atoms with E-state index in [0.29, 0.717) is 0 Å². The number of hydrogen-bond donors (Lipinski definition) is 0. The molecule has 1 nitrogen and oxygen atoms in total. The number of benzene rings is 1. The quantitative estimate of drug-likeness (QED) is 0.512. The van der Waals surface area contributed by atoms with Crippen LogP contribution >= 0.6 is 0 Å². The second-order valence-electron chi connectivity index (χ2n) is 6.27. The normalized spacial score (nSPS) is 20.1. The number of hydrogen-bond acceptors (Lipinski definition) is 1. The first kappa shape index (κ1) is 14.9. The summed E-state index contributed by atoms with van der Waals surface area (Å²) in [6.07, 6.45) is 5.82. The maximum atomic E-state index is 6.31. The molecule has 0 aromatic heterocycles. The fourth-order valence-electron chi connectivity index (χ4n) is 2.70. The Morgan fingerprint density at radius 1 is 1.20 bits per heavy atom. The molecule has 0 spiro atoms. The molecule has 2 rings (SSSR count). The Hall–Kier alpha value is -1.54. The van der Waals surface area contributed by atoms with Crippen LogP contribution in [-0.2, 0) is 4.74 Å². The van der Waals surface area contributed by atoms with Crippen molar-refractivity contribution in [1.29, 1.82) is 0 Å². The van der Waals surface area contributed by atoms with Crippen LogP contribution in [0.3, 0.4) is 0 Å². The molecule has 1 aromatic carbocycles. The highest BCUT2D eigenvalue weighted by atomic mass is 28.3. The van der Waals surface area contributed by atoms with E-state index in [4.69, 9.17) is 4.74 Å². The van der Waals surface area contributed by atoms with Gasteiger partial charge in [-0.3, -0.25) is 0 Å². The molecule has 1 aliphatic heterocycles. The Labute approximate surface area is 123 Å². The van der Waals surface area contributed by atoms with Gasteiger partial charge in [-0.1, -0.05) is 56.1 Å². The first-order chi connectivity index (χ1) is 9.49. The lowest BCUT2D eigenvalue weighted by Crippen LogP contribution is -2.25. The fraction of sp³-hybridized carbons (Fsp3) is 0.333. The summed E-state index contributed by atoms with van der Waals surface area (Å²) in [5.74, 6) is 1.10. The monoisotopic (exact) mass is 284 g/mol. The van der Waals surface area contributed by atoms with E-state index in [1.165, 1.54) is 16.3 Å². The van der Waals surface area contributed by atoms with Gasteiger partial charge in [0.1, 0.15) is 11.9 Å². The van der Waals surface area contributed by atoms with E-state index in [0.717, 1.165) is 18.6 Å². The molecular weight excluding hydrogens is 260 g/mol. The predicted molar refractivity (Wildman–Crippen MR) is 90.2 cm³/mol. The van der Waals surface area contributed by atoms with Gasteiger partial charge in [0.15, 0.2) is 0 Å². The van der Waals surface area contributed by atoms with Crippen LogP contribution in [0, 0.1) is 0 Å². The average Bonchev–Trinajstić information content (AvgIpc) is 2.74. The van der Waals surface area contributed by atoms with Crippen LogP contribution in [-0.4, -0.2) is 8.07 Å². The van der Waals surface area contributed by atoms with Gasteiger partial charge in [0.2, 0.25) is 0 Å². The average molecular weight is 284 g/mol. The van der Waals surface area contributed by atoms with Crippen LogP contribution < -0.4 is 0 Å². The summed E-state index contributed by atoms with van der Waals surface area (Å²) in [5, 5.41) is 1.45. The molecule has 0 amide bonds. The van der Waals surface area contributed by atoms with Gasteiger partial charge in [0.25, 0.3) is 0 Å². The van der Waals surface area contributed by atoms with Gasteiger partial charge in [-0.25, -0.2) is 0 Å². The minimum Gasteiger partial charge on any atom is -0.485 e. The second-order valence-corrected chi connectivity index (χ2v) is 11.4. The summed E-state index contributed by atoms with van der Waals surface area (Å²) < 4.78 is 6.31. The molecule has 1 unspecified atom stereocenters. The zero-order valence-corrected chi connectivity index (χ0v) is 13.8. The fourth-order valence-corrected chi connectivity index (χ4v) is 4.33. The van der Waals surface area contributed by atoms with E-state index in [2.05, 4.69) is 57.1 Å². The zero-order valence-electron chi connectivity index (χ0n) is 12.8. The summed E-state index contributed by atoms with van der Waals surface area (Å²) >= 11 is 0. The third kappa shape index (κ3) is 2.80. The van der Waals surface area contributed by atoms with E-state index in [1.54, 1.807) is 0 Å². The molecule has 1 heterocycles. The van der Waals surface area contributed by atoms with Gasteiger partial charge in [0, 0.05) is 17.5 Å². The van der Waals surface area contributed by atoms with Gasteiger partial charge in [-0.05, 0) is 11.6 Å². The number of allylic oxidation sites excluding steroid dienone is 2. The van der Waals surface area contributed by atoms with Crippen LogP contribution in [0.1, 0.15) is 30.1 Å². The second kappa shape index (κ2) is 5.84. The number of rotatable bonds is 5. The van der Waals surface area contributed by atoms with Crippen molar-refractivity contribution < 1.29 is 4.74 Å². The third-order valence-electron chi connectivity index (χ3n) is 3.72. The molecule has 1 atom stereocenters. The zero-order chi connectivity index (χ0) is 14.8. The summed E-state index contributed by atoms with van der Waals surface area (Å²) in [5.41, 5.74) is 2.56. The van der Waals surface area contributed by atoms with Gasteiger partial charge < -0.3 is 4.74 Å². The first-order valence-corrected chi connectivity index (χ1v) is 10.7. The molecule has 20 heavy (non-hydrogen) atoms. The maximum Gasteiger partial charge on any atom is 0.128 e. The Morgan fingerprint density at radius 3 is 2.50 bits per heavy atom. The summed E-state index contributed by atoms with van der Waals surface area (Å²) in [6, 6.07) is 8.53. The molecule has 0 saturated carbocycles. The minimum absolute atomic E-state index is 0.120. The summed E-state index contributed by atoms with van der Waals surface area (Å²) in [6.45, 7) is 14.9. The minimum atomic E-state index is -1.44. The number of ether oxygens (including phenoxy) is 1. The van der Waals surface area contributed by atoms with Crippen LogP contribution in [0.5, 0.6) is 0 Å². The van der Waals surface area contributed by atoms with Crippen LogP contribution in [0.2, 0.25) is 19.6 Å². The van der Waals surface area contributed by atoms with Crippen molar-refractivity contribution in [1.82, 2.24) is 0 Å². The molecule has 1 aliphatic rings. The van der Waals surface area contributed by atoms with Gasteiger partial charge in [0.05, 0.1) is 8.07 Å².